The number of piperazine rings is 1. The van der Waals surface area contributed by atoms with Gasteiger partial charge in [0.25, 0.3) is 0 Å². The van der Waals surface area contributed by atoms with Gasteiger partial charge in [-0.25, -0.2) is 4.98 Å². The summed E-state index contributed by atoms with van der Waals surface area (Å²) in [5, 5.41) is 9.94. The molecule has 1 aromatic carbocycles. The fourth-order valence-electron chi connectivity index (χ4n) is 2.89. The van der Waals surface area contributed by atoms with Gasteiger partial charge in [0.05, 0.1) is 6.21 Å². The molecule has 3 heterocycles. The highest BCUT2D eigenvalue weighted by Gasteiger charge is 2.16. The van der Waals surface area contributed by atoms with Crippen molar-refractivity contribution >= 4 is 45.7 Å². The van der Waals surface area contributed by atoms with Crippen molar-refractivity contribution in [3.8, 4) is 0 Å². The third kappa shape index (κ3) is 3.82. The average molecular weight is 394 g/mol. The minimum atomic E-state index is 0.497. The van der Waals surface area contributed by atoms with Gasteiger partial charge in [-0.15, -0.1) is 11.3 Å². The zero-order valence-corrected chi connectivity index (χ0v) is 15.8. The molecule has 1 fully saturated rings. The molecular weight excluding hydrogens is 377 g/mol. The maximum Gasteiger partial charge on any atom is 0.195 e. The smallest absolute Gasteiger partial charge is 0.195 e. The minimum absolute atomic E-state index is 0.497. The van der Waals surface area contributed by atoms with Crippen LogP contribution in [0.4, 0.5) is 0 Å². The van der Waals surface area contributed by atoms with Crippen LogP contribution in [0, 0.1) is 0 Å². The van der Waals surface area contributed by atoms with E-state index in [1.54, 1.807) is 11.3 Å². The highest BCUT2D eigenvalue weighted by Crippen LogP contribution is 2.20. The van der Waals surface area contributed by atoms with Crippen LogP contribution in [0.1, 0.15) is 11.3 Å². The Balaban J connectivity index is 1.35. The summed E-state index contributed by atoms with van der Waals surface area (Å²) < 4.78 is 1.97. The Hall–Kier alpha value is -1.60. The zero-order valence-electron chi connectivity index (χ0n) is 13.5. The lowest BCUT2D eigenvalue weighted by atomic mass is 10.2. The summed E-state index contributed by atoms with van der Waals surface area (Å²) in [6.07, 6.45) is 3.77. The topological polar surface area (TPSA) is 36.1 Å². The second kappa shape index (κ2) is 7.33. The van der Waals surface area contributed by atoms with E-state index >= 15 is 0 Å². The maximum atomic E-state index is 6.20. The summed E-state index contributed by atoms with van der Waals surface area (Å²) in [5.74, 6) is 0. The van der Waals surface area contributed by atoms with Crippen LogP contribution in [0.2, 0.25) is 10.2 Å². The van der Waals surface area contributed by atoms with E-state index in [-0.39, 0.29) is 0 Å². The molecule has 0 spiro atoms. The van der Waals surface area contributed by atoms with Crippen LogP contribution in [-0.4, -0.2) is 51.7 Å². The van der Waals surface area contributed by atoms with Gasteiger partial charge in [0.1, 0.15) is 5.69 Å². The molecule has 25 heavy (non-hydrogen) atoms. The molecule has 4 rings (SSSR count). The Morgan fingerprint density at radius 2 is 1.88 bits per heavy atom. The molecule has 0 atom stereocenters. The van der Waals surface area contributed by atoms with E-state index in [2.05, 4.69) is 32.1 Å². The second-order valence-electron chi connectivity index (χ2n) is 5.94. The fourth-order valence-corrected chi connectivity index (χ4v) is 4.00. The first-order chi connectivity index (χ1) is 12.2. The van der Waals surface area contributed by atoms with Crippen LogP contribution in [0.3, 0.4) is 0 Å². The van der Waals surface area contributed by atoms with Crippen LogP contribution < -0.4 is 0 Å². The van der Waals surface area contributed by atoms with Crippen molar-refractivity contribution in [2.24, 2.45) is 5.10 Å². The quantitative estimate of drug-likeness (QED) is 0.631. The third-order valence-corrected chi connectivity index (χ3v) is 5.55. The molecule has 3 aromatic rings. The van der Waals surface area contributed by atoms with Crippen molar-refractivity contribution in [1.82, 2.24) is 19.3 Å². The molecule has 0 amide bonds. The van der Waals surface area contributed by atoms with Gasteiger partial charge in [-0.3, -0.25) is 14.3 Å². The minimum Gasteiger partial charge on any atom is -0.295 e. The molecule has 0 saturated carbocycles. The van der Waals surface area contributed by atoms with Gasteiger partial charge in [-0.1, -0.05) is 35.3 Å². The normalized spacial score (nSPS) is 16.3. The molecule has 1 aliphatic rings. The maximum absolute atomic E-state index is 6.20. The lowest BCUT2D eigenvalue weighted by Crippen LogP contribution is -2.43. The molecule has 0 aliphatic carbocycles. The summed E-state index contributed by atoms with van der Waals surface area (Å²) in [7, 11) is 0. The van der Waals surface area contributed by atoms with Gasteiger partial charge in [0, 0.05) is 49.3 Å². The number of thiazole rings is 1. The number of hydrazone groups is 1. The lowest BCUT2D eigenvalue weighted by molar-refractivity contribution is 0.131. The van der Waals surface area contributed by atoms with Crippen molar-refractivity contribution in [1.29, 1.82) is 0 Å². The molecule has 0 bridgehead atoms. The fraction of sp³-hybridized carbons (Fsp3) is 0.294. The first kappa shape index (κ1) is 16.8. The van der Waals surface area contributed by atoms with Crippen LogP contribution in [0.5, 0.6) is 0 Å². The van der Waals surface area contributed by atoms with Gasteiger partial charge < -0.3 is 0 Å². The largest absolute Gasteiger partial charge is 0.295 e. The molecule has 1 aliphatic heterocycles. The number of nitrogens with zero attached hydrogens (tertiary/aromatic N) is 5. The van der Waals surface area contributed by atoms with Crippen molar-refractivity contribution in [3.05, 3.63) is 57.3 Å². The first-order valence-corrected chi connectivity index (χ1v) is 9.69. The summed E-state index contributed by atoms with van der Waals surface area (Å²) >= 11 is 13.7. The number of halogens is 2. The highest BCUT2D eigenvalue weighted by molar-refractivity contribution is 7.15. The summed E-state index contributed by atoms with van der Waals surface area (Å²) in [5.41, 5.74) is 2.12. The Kier molecular flexibility index (Phi) is 4.94. The number of hydrogen-bond acceptors (Lipinski definition) is 5. The molecule has 8 heteroatoms. The molecule has 0 radical (unpaired) electrons. The van der Waals surface area contributed by atoms with Gasteiger partial charge in [0.15, 0.2) is 10.1 Å². The van der Waals surface area contributed by atoms with Gasteiger partial charge in [-0.2, -0.15) is 5.10 Å². The Morgan fingerprint density at radius 1 is 1.12 bits per heavy atom. The number of fused-ring (bicyclic) bond motifs is 1. The standard InChI is InChI=1S/C17H17Cl2N5S/c18-14-3-1-13(2-4-14)12-22-5-7-23(8-6-22)20-11-15-16(19)21-17-24(15)9-10-25-17/h1-4,9-11H,5-8,12H2. The summed E-state index contributed by atoms with van der Waals surface area (Å²) in [6.45, 7) is 4.70. The predicted octanol–water partition coefficient (Wildman–Crippen LogP) is 3.85. The monoisotopic (exact) mass is 393 g/mol. The predicted molar refractivity (Wildman–Crippen MR) is 104 cm³/mol. The number of hydrogen-bond donors (Lipinski definition) is 0. The lowest BCUT2D eigenvalue weighted by Gasteiger charge is -2.33. The van der Waals surface area contributed by atoms with Gasteiger partial charge in [0.2, 0.25) is 0 Å². The van der Waals surface area contributed by atoms with Crippen molar-refractivity contribution in [3.63, 3.8) is 0 Å². The zero-order chi connectivity index (χ0) is 17.2. The molecule has 0 N–H and O–H groups in total. The van der Waals surface area contributed by atoms with Gasteiger partial charge in [-0.05, 0) is 17.7 Å². The molecule has 130 valence electrons. The van der Waals surface area contributed by atoms with E-state index in [1.807, 2.05) is 34.3 Å². The van der Waals surface area contributed by atoms with E-state index in [4.69, 9.17) is 23.2 Å². The van der Waals surface area contributed by atoms with E-state index < -0.39 is 0 Å². The molecule has 1 saturated heterocycles. The molecular formula is C17H17Cl2N5S. The van der Waals surface area contributed by atoms with Crippen molar-refractivity contribution in [2.75, 3.05) is 26.2 Å². The number of benzene rings is 1. The summed E-state index contributed by atoms with van der Waals surface area (Å²) in [4.78, 5) is 7.64. The first-order valence-electron chi connectivity index (χ1n) is 8.06. The Morgan fingerprint density at radius 3 is 2.64 bits per heavy atom. The van der Waals surface area contributed by atoms with E-state index in [0.29, 0.717) is 5.15 Å². The number of aromatic nitrogens is 2. The van der Waals surface area contributed by atoms with Crippen molar-refractivity contribution in [2.45, 2.75) is 6.54 Å². The Bertz CT molecular complexity index is 878. The third-order valence-electron chi connectivity index (χ3n) is 4.27. The van der Waals surface area contributed by atoms with Crippen LogP contribution in [0.15, 0.2) is 40.9 Å². The Labute approximate surface area is 160 Å². The van der Waals surface area contributed by atoms with Crippen LogP contribution >= 0.6 is 34.5 Å². The van der Waals surface area contributed by atoms with E-state index in [0.717, 1.165) is 48.4 Å². The SMILES string of the molecule is Clc1ccc(CN2CCN(N=Cc3c(Cl)nc4sccn34)CC2)cc1. The van der Waals surface area contributed by atoms with E-state index in [1.165, 1.54) is 5.56 Å². The van der Waals surface area contributed by atoms with Crippen LogP contribution in [0.25, 0.3) is 4.96 Å². The average Bonchev–Trinajstić information content (AvgIpc) is 3.17. The molecule has 5 nitrogen and oxygen atoms in total. The molecule has 2 aromatic heterocycles. The van der Waals surface area contributed by atoms with Crippen LogP contribution in [-0.2, 0) is 6.54 Å². The number of imidazole rings is 1. The van der Waals surface area contributed by atoms with Gasteiger partial charge >= 0.3 is 0 Å². The highest BCUT2D eigenvalue weighted by atomic mass is 35.5. The van der Waals surface area contributed by atoms with Crippen molar-refractivity contribution < 1.29 is 0 Å². The summed E-state index contributed by atoms with van der Waals surface area (Å²) in [6, 6.07) is 8.05. The number of rotatable bonds is 4. The molecule has 0 unspecified atom stereocenters. The second-order valence-corrected chi connectivity index (χ2v) is 7.61. The van der Waals surface area contributed by atoms with E-state index in [9.17, 15) is 0 Å².